The van der Waals surface area contributed by atoms with Gasteiger partial charge in [0.25, 0.3) is 0 Å². The molecule has 1 aromatic heterocycles. The van der Waals surface area contributed by atoms with E-state index in [0.717, 1.165) is 0 Å². The lowest BCUT2D eigenvalue weighted by molar-refractivity contribution is -0.0498. The maximum atomic E-state index is 11.8. The van der Waals surface area contributed by atoms with Crippen molar-refractivity contribution >= 4 is 5.82 Å². The first kappa shape index (κ1) is 9.66. The molecule has 0 atom stereocenters. The molecule has 0 aromatic carbocycles. The molecule has 1 aromatic rings. The van der Waals surface area contributed by atoms with Gasteiger partial charge in [-0.2, -0.15) is 8.78 Å². The topological polar surface area (TPSA) is 46.2 Å². The lowest BCUT2D eigenvalue weighted by Crippen LogP contribution is -2.16. The van der Waals surface area contributed by atoms with Crippen LogP contribution in [0.2, 0.25) is 0 Å². The molecule has 0 saturated heterocycles. The number of alkyl halides is 2. The third-order valence-electron chi connectivity index (χ3n) is 1.21. The van der Waals surface area contributed by atoms with Gasteiger partial charge in [-0.15, -0.1) is 0 Å². The summed E-state index contributed by atoms with van der Waals surface area (Å²) in [6.07, 6.45) is 1.37. The van der Waals surface area contributed by atoms with E-state index in [1.807, 2.05) is 0 Å². The number of aromatic nitrogens is 1. The van der Waals surface area contributed by atoms with Crippen LogP contribution >= 0.6 is 0 Å². The van der Waals surface area contributed by atoms with Gasteiger partial charge in [0, 0.05) is 19.3 Å². The van der Waals surface area contributed by atoms with Crippen molar-refractivity contribution in [1.82, 2.24) is 10.4 Å². The highest BCUT2D eigenvalue weighted by Crippen LogP contribution is 2.15. The summed E-state index contributed by atoms with van der Waals surface area (Å²) in [6, 6.07) is 2.72. The van der Waals surface area contributed by atoms with Crippen LogP contribution in [-0.4, -0.2) is 18.6 Å². The fourth-order valence-corrected chi connectivity index (χ4v) is 0.784. The summed E-state index contributed by atoms with van der Waals surface area (Å²) < 4.78 is 27.7. The van der Waals surface area contributed by atoms with Gasteiger partial charge in [-0.3, -0.25) is 0 Å². The van der Waals surface area contributed by atoms with Gasteiger partial charge in [0.15, 0.2) is 0 Å². The Labute approximate surface area is 73.9 Å². The lowest BCUT2D eigenvalue weighted by atomic mass is 10.4. The smallest absolute Gasteiger partial charge is 0.387 e. The first-order valence-electron chi connectivity index (χ1n) is 3.56. The molecule has 2 N–H and O–H groups in total. The summed E-state index contributed by atoms with van der Waals surface area (Å²) in [6.45, 7) is -2.81. The van der Waals surface area contributed by atoms with Crippen molar-refractivity contribution in [3.05, 3.63) is 18.3 Å². The molecular formula is C7H9F2N3O. The normalized spacial score (nSPS) is 10.2. The molecular weight excluding hydrogens is 180 g/mol. The van der Waals surface area contributed by atoms with Gasteiger partial charge in [0.05, 0.1) is 0 Å². The predicted molar refractivity (Wildman–Crippen MR) is 43.6 cm³/mol. The minimum absolute atomic E-state index is 0.0720. The van der Waals surface area contributed by atoms with Gasteiger partial charge in [-0.1, -0.05) is 0 Å². The standard InChI is InChI=1S/C7H9F2N3O/c1-10-12-6-4-5(2-3-11-6)13-7(8)9/h2-4,7,10H,1H3,(H,11,12). The van der Waals surface area contributed by atoms with E-state index >= 15 is 0 Å². The minimum Gasteiger partial charge on any atom is -0.435 e. The summed E-state index contributed by atoms with van der Waals surface area (Å²) in [5.41, 5.74) is 5.24. The fourth-order valence-electron chi connectivity index (χ4n) is 0.784. The van der Waals surface area contributed by atoms with E-state index in [-0.39, 0.29) is 5.75 Å². The first-order chi connectivity index (χ1) is 6.22. The molecule has 0 fully saturated rings. The van der Waals surface area contributed by atoms with Crippen molar-refractivity contribution in [2.45, 2.75) is 6.61 Å². The van der Waals surface area contributed by atoms with Gasteiger partial charge in [-0.25, -0.2) is 10.4 Å². The number of hydrogen-bond donors (Lipinski definition) is 2. The van der Waals surface area contributed by atoms with Crippen LogP contribution in [0, 0.1) is 0 Å². The molecule has 4 nitrogen and oxygen atoms in total. The number of pyridine rings is 1. The average molecular weight is 189 g/mol. The number of anilines is 1. The second-order valence-electron chi connectivity index (χ2n) is 2.13. The molecule has 6 heteroatoms. The summed E-state index contributed by atoms with van der Waals surface area (Å²) in [4.78, 5) is 3.84. The van der Waals surface area contributed by atoms with Gasteiger partial charge in [-0.05, 0) is 6.07 Å². The van der Waals surface area contributed by atoms with Crippen molar-refractivity contribution in [2.75, 3.05) is 12.5 Å². The van der Waals surface area contributed by atoms with E-state index < -0.39 is 6.61 Å². The number of nitrogens with one attached hydrogen (secondary N) is 2. The monoisotopic (exact) mass is 189 g/mol. The highest BCUT2D eigenvalue weighted by atomic mass is 19.3. The molecule has 0 aliphatic heterocycles. The van der Waals surface area contributed by atoms with Crippen molar-refractivity contribution < 1.29 is 13.5 Å². The molecule has 72 valence electrons. The predicted octanol–water partition coefficient (Wildman–Crippen LogP) is 1.23. The highest BCUT2D eigenvalue weighted by molar-refractivity contribution is 5.39. The maximum absolute atomic E-state index is 11.8. The van der Waals surface area contributed by atoms with Gasteiger partial charge >= 0.3 is 6.61 Å². The summed E-state index contributed by atoms with van der Waals surface area (Å²) in [7, 11) is 1.64. The molecule has 1 heterocycles. The third-order valence-corrected chi connectivity index (χ3v) is 1.21. The van der Waals surface area contributed by atoms with Gasteiger partial charge < -0.3 is 10.2 Å². The Bertz CT molecular complexity index is 270. The molecule has 0 saturated carbocycles. The Morgan fingerprint density at radius 1 is 1.54 bits per heavy atom. The lowest BCUT2D eigenvalue weighted by Gasteiger charge is -2.06. The largest absolute Gasteiger partial charge is 0.435 e. The van der Waals surface area contributed by atoms with Crippen molar-refractivity contribution in [3.8, 4) is 5.75 Å². The van der Waals surface area contributed by atoms with E-state index in [2.05, 4.69) is 20.6 Å². The van der Waals surface area contributed by atoms with Crippen LogP contribution < -0.4 is 15.6 Å². The summed E-state index contributed by atoms with van der Waals surface area (Å²) >= 11 is 0. The van der Waals surface area contributed by atoms with E-state index in [1.54, 1.807) is 7.05 Å². The Balaban J connectivity index is 2.67. The number of halogens is 2. The van der Waals surface area contributed by atoms with E-state index in [4.69, 9.17) is 0 Å². The van der Waals surface area contributed by atoms with E-state index in [9.17, 15) is 8.78 Å². The third kappa shape index (κ3) is 3.20. The zero-order valence-corrected chi connectivity index (χ0v) is 6.92. The SMILES string of the molecule is CNNc1cc(OC(F)F)ccn1. The zero-order chi connectivity index (χ0) is 9.68. The number of hydrogen-bond acceptors (Lipinski definition) is 4. The van der Waals surface area contributed by atoms with E-state index in [0.29, 0.717) is 5.82 Å². The molecule has 0 spiro atoms. The Morgan fingerprint density at radius 2 is 2.31 bits per heavy atom. The van der Waals surface area contributed by atoms with Crippen molar-refractivity contribution in [2.24, 2.45) is 0 Å². The minimum atomic E-state index is -2.81. The maximum Gasteiger partial charge on any atom is 0.387 e. The van der Waals surface area contributed by atoms with Gasteiger partial charge in [0.1, 0.15) is 11.6 Å². The van der Waals surface area contributed by atoms with Crippen molar-refractivity contribution in [1.29, 1.82) is 0 Å². The molecule has 13 heavy (non-hydrogen) atoms. The molecule has 0 radical (unpaired) electrons. The summed E-state index contributed by atoms with van der Waals surface area (Å²) in [5.74, 6) is 0.489. The molecule has 0 aliphatic carbocycles. The molecule has 0 bridgehead atoms. The Hall–Kier alpha value is -1.43. The van der Waals surface area contributed by atoms with Gasteiger partial charge in [0.2, 0.25) is 0 Å². The molecule has 0 aliphatic rings. The first-order valence-corrected chi connectivity index (χ1v) is 3.56. The molecule has 1 rings (SSSR count). The number of ether oxygens (including phenoxy) is 1. The second-order valence-corrected chi connectivity index (χ2v) is 2.13. The van der Waals surface area contributed by atoms with Crippen LogP contribution in [0.5, 0.6) is 5.75 Å². The van der Waals surface area contributed by atoms with Crippen LogP contribution in [0.3, 0.4) is 0 Å². The van der Waals surface area contributed by atoms with E-state index in [1.165, 1.54) is 18.3 Å². The summed E-state index contributed by atoms with van der Waals surface area (Å²) in [5, 5.41) is 0. The van der Waals surface area contributed by atoms with Crippen LogP contribution in [-0.2, 0) is 0 Å². The van der Waals surface area contributed by atoms with Crippen LogP contribution in [0.15, 0.2) is 18.3 Å². The van der Waals surface area contributed by atoms with Crippen LogP contribution in [0.1, 0.15) is 0 Å². The Kier molecular flexibility index (Phi) is 3.39. The zero-order valence-electron chi connectivity index (χ0n) is 6.92. The molecule has 0 unspecified atom stereocenters. The number of rotatable bonds is 4. The quantitative estimate of drug-likeness (QED) is 0.699. The fraction of sp³-hybridized carbons (Fsp3) is 0.286. The second kappa shape index (κ2) is 4.56. The molecule has 0 amide bonds. The number of hydrazine groups is 1. The van der Waals surface area contributed by atoms with Crippen molar-refractivity contribution in [3.63, 3.8) is 0 Å². The van der Waals surface area contributed by atoms with Crippen LogP contribution in [0.4, 0.5) is 14.6 Å². The highest BCUT2D eigenvalue weighted by Gasteiger charge is 2.04. The average Bonchev–Trinajstić information content (AvgIpc) is 2.04. The Morgan fingerprint density at radius 3 is 2.92 bits per heavy atom. The van der Waals surface area contributed by atoms with Crippen LogP contribution in [0.25, 0.3) is 0 Å². The number of nitrogens with zero attached hydrogens (tertiary/aromatic N) is 1.